The van der Waals surface area contributed by atoms with E-state index in [0.717, 1.165) is 10.4 Å². The molecule has 0 unspecified atom stereocenters. The zero-order valence-corrected chi connectivity index (χ0v) is 9.60. The SMILES string of the molecule is CC(=O)c1cc(Cl)c(-c2cccnc2)s1. The molecule has 0 aromatic carbocycles. The third-order valence-electron chi connectivity index (χ3n) is 1.96. The van der Waals surface area contributed by atoms with Gasteiger partial charge in [0.1, 0.15) is 0 Å². The Morgan fingerprint density at radius 2 is 2.33 bits per heavy atom. The molecule has 2 nitrogen and oxygen atoms in total. The van der Waals surface area contributed by atoms with Gasteiger partial charge < -0.3 is 0 Å². The van der Waals surface area contributed by atoms with Crippen LogP contribution < -0.4 is 0 Å². The zero-order chi connectivity index (χ0) is 10.8. The third kappa shape index (κ3) is 2.08. The van der Waals surface area contributed by atoms with Crippen molar-refractivity contribution >= 4 is 28.7 Å². The van der Waals surface area contributed by atoms with Crippen molar-refractivity contribution in [2.24, 2.45) is 0 Å². The zero-order valence-electron chi connectivity index (χ0n) is 8.03. The molecule has 0 N–H and O–H groups in total. The Morgan fingerprint density at radius 3 is 2.87 bits per heavy atom. The Balaban J connectivity index is 2.50. The lowest BCUT2D eigenvalue weighted by Crippen LogP contribution is -1.83. The summed E-state index contributed by atoms with van der Waals surface area (Å²) in [6.07, 6.45) is 3.44. The van der Waals surface area contributed by atoms with Crippen LogP contribution in [0.4, 0.5) is 0 Å². The molecule has 2 aromatic heterocycles. The van der Waals surface area contributed by atoms with E-state index in [4.69, 9.17) is 11.6 Å². The largest absolute Gasteiger partial charge is 0.294 e. The first-order valence-electron chi connectivity index (χ1n) is 4.39. The maximum atomic E-state index is 11.2. The first kappa shape index (κ1) is 10.3. The van der Waals surface area contributed by atoms with Gasteiger partial charge in [-0.05, 0) is 19.1 Å². The summed E-state index contributed by atoms with van der Waals surface area (Å²) in [4.78, 5) is 16.8. The predicted molar refractivity (Wildman–Crippen MR) is 62.6 cm³/mol. The molecular formula is C11H8ClNOS. The number of hydrogen-bond acceptors (Lipinski definition) is 3. The minimum atomic E-state index is 0.0389. The van der Waals surface area contributed by atoms with Gasteiger partial charge in [0.05, 0.1) is 14.8 Å². The molecule has 0 atom stereocenters. The van der Waals surface area contributed by atoms with Crippen molar-refractivity contribution in [2.75, 3.05) is 0 Å². The standard InChI is InChI=1S/C11H8ClNOS/c1-7(14)10-5-9(12)11(15-10)8-3-2-4-13-6-8/h2-6H,1H3. The number of carbonyl (C=O) groups excluding carboxylic acids is 1. The second-order valence-electron chi connectivity index (χ2n) is 3.09. The van der Waals surface area contributed by atoms with Crippen molar-refractivity contribution in [1.29, 1.82) is 0 Å². The number of pyridine rings is 1. The fourth-order valence-electron chi connectivity index (χ4n) is 1.24. The van der Waals surface area contributed by atoms with E-state index in [0.29, 0.717) is 9.90 Å². The van der Waals surface area contributed by atoms with Crippen molar-refractivity contribution in [3.05, 3.63) is 40.5 Å². The fraction of sp³-hybridized carbons (Fsp3) is 0.0909. The summed E-state index contributed by atoms with van der Waals surface area (Å²) in [5.74, 6) is 0.0389. The molecule has 76 valence electrons. The van der Waals surface area contributed by atoms with Crippen LogP contribution in [0.1, 0.15) is 16.6 Å². The summed E-state index contributed by atoms with van der Waals surface area (Å²) in [5.41, 5.74) is 0.944. The van der Waals surface area contributed by atoms with E-state index in [2.05, 4.69) is 4.98 Å². The van der Waals surface area contributed by atoms with Gasteiger partial charge in [0.15, 0.2) is 5.78 Å². The van der Waals surface area contributed by atoms with Gasteiger partial charge in [0, 0.05) is 18.0 Å². The molecule has 2 heterocycles. The highest BCUT2D eigenvalue weighted by Crippen LogP contribution is 2.35. The molecule has 2 aromatic rings. The molecule has 0 spiro atoms. The summed E-state index contributed by atoms with van der Waals surface area (Å²) in [5, 5.41) is 0.609. The molecule has 0 aliphatic rings. The lowest BCUT2D eigenvalue weighted by molar-refractivity contribution is 0.102. The van der Waals surface area contributed by atoms with E-state index in [1.165, 1.54) is 18.3 Å². The van der Waals surface area contributed by atoms with Crippen molar-refractivity contribution in [3.63, 3.8) is 0 Å². The lowest BCUT2D eigenvalue weighted by Gasteiger charge is -1.95. The van der Waals surface area contributed by atoms with Crippen molar-refractivity contribution < 1.29 is 4.79 Å². The van der Waals surface area contributed by atoms with E-state index < -0.39 is 0 Å². The average Bonchev–Trinajstić information content (AvgIpc) is 2.62. The Kier molecular flexibility index (Phi) is 2.84. The number of aromatic nitrogens is 1. The molecule has 0 fully saturated rings. The van der Waals surface area contributed by atoms with Crippen molar-refractivity contribution in [3.8, 4) is 10.4 Å². The second kappa shape index (κ2) is 4.13. The van der Waals surface area contributed by atoms with Crippen LogP contribution in [-0.4, -0.2) is 10.8 Å². The average molecular weight is 238 g/mol. The quantitative estimate of drug-likeness (QED) is 0.746. The summed E-state index contributed by atoms with van der Waals surface area (Å²) in [6, 6.07) is 5.48. The molecule has 0 bridgehead atoms. The smallest absolute Gasteiger partial charge is 0.169 e. The molecular weight excluding hydrogens is 230 g/mol. The number of halogens is 1. The maximum Gasteiger partial charge on any atom is 0.169 e. The first-order chi connectivity index (χ1) is 7.18. The van der Waals surface area contributed by atoms with Gasteiger partial charge >= 0.3 is 0 Å². The minimum Gasteiger partial charge on any atom is -0.294 e. The van der Waals surface area contributed by atoms with Gasteiger partial charge in [-0.15, -0.1) is 11.3 Å². The Hall–Kier alpha value is -1.19. The van der Waals surface area contributed by atoms with Gasteiger partial charge in [-0.25, -0.2) is 0 Å². The highest BCUT2D eigenvalue weighted by atomic mass is 35.5. The number of Topliss-reactive ketones (excluding diaryl/α,β-unsaturated/α-hetero) is 1. The van der Waals surface area contributed by atoms with Crippen LogP contribution in [0.25, 0.3) is 10.4 Å². The summed E-state index contributed by atoms with van der Waals surface area (Å²) >= 11 is 7.45. The molecule has 0 aliphatic carbocycles. The van der Waals surface area contributed by atoms with Gasteiger partial charge in [0.25, 0.3) is 0 Å². The third-order valence-corrected chi connectivity index (χ3v) is 3.65. The molecule has 15 heavy (non-hydrogen) atoms. The number of thiophene rings is 1. The Bertz CT molecular complexity index is 493. The van der Waals surface area contributed by atoms with Crippen LogP contribution in [-0.2, 0) is 0 Å². The first-order valence-corrected chi connectivity index (χ1v) is 5.58. The van der Waals surface area contributed by atoms with Crippen LogP contribution in [0.2, 0.25) is 5.02 Å². The number of ketones is 1. The topological polar surface area (TPSA) is 30.0 Å². The van der Waals surface area contributed by atoms with E-state index >= 15 is 0 Å². The van der Waals surface area contributed by atoms with E-state index in [1.807, 2.05) is 12.1 Å². The van der Waals surface area contributed by atoms with E-state index in [9.17, 15) is 4.79 Å². The van der Waals surface area contributed by atoms with Crippen LogP contribution >= 0.6 is 22.9 Å². The second-order valence-corrected chi connectivity index (χ2v) is 4.54. The van der Waals surface area contributed by atoms with Gasteiger partial charge in [0.2, 0.25) is 0 Å². The van der Waals surface area contributed by atoms with Crippen LogP contribution in [0.5, 0.6) is 0 Å². The predicted octanol–water partition coefficient (Wildman–Crippen LogP) is 3.67. The Labute approximate surface area is 96.5 Å². The monoisotopic (exact) mass is 237 g/mol. The van der Waals surface area contributed by atoms with E-state index in [1.54, 1.807) is 18.5 Å². The number of nitrogens with zero attached hydrogens (tertiary/aromatic N) is 1. The fourth-order valence-corrected chi connectivity index (χ4v) is 2.57. The lowest BCUT2D eigenvalue weighted by atomic mass is 10.2. The van der Waals surface area contributed by atoms with Crippen LogP contribution in [0.15, 0.2) is 30.6 Å². The molecule has 0 aliphatic heterocycles. The summed E-state index contributed by atoms with van der Waals surface area (Å²) in [6.45, 7) is 1.54. The summed E-state index contributed by atoms with van der Waals surface area (Å²) in [7, 11) is 0. The molecule has 2 rings (SSSR count). The molecule has 0 amide bonds. The van der Waals surface area contributed by atoms with Crippen LogP contribution in [0, 0.1) is 0 Å². The van der Waals surface area contributed by atoms with Gasteiger partial charge in [-0.1, -0.05) is 17.7 Å². The Morgan fingerprint density at radius 1 is 1.53 bits per heavy atom. The normalized spacial score (nSPS) is 10.3. The van der Waals surface area contributed by atoms with Gasteiger partial charge in [-0.2, -0.15) is 0 Å². The van der Waals surface area contributed by atoms with Crippen molar-refractivity contribution in [1.82, 2.24) is 4.98 Å². The summed E-state index contributed by atoms with van der Waals surface area (Å²) < 4.78 is 0. The molecule has 0 radical (unpaired) electrons. The maximum absolute atomic E-state index is 11.2. The molecule has 4 heteroatoms. The highest BCUT2D eigenvalue weighted by molar-refractivity contribution is 7.18. The number of rotatable bonds is 2. The van der Waals surface area contributed by atoms with E-state index in [-0.39, 0.29) is 5.78 Å². The molecule has 0 saturated heterocycles. The van der Waals surface area contributed by atoms with Crippen LogP contribution in [0.3, 0.4) is 0 Å². The number of hydrogen-bond donors (Lipinski definition) is 0. The molecule has 0 saturated carbocycles. The van der Waals surface area contributed by atoms with Gasteiger partial charge in [-0.3, -0.25) is 9.78 Å². The minimum absolute atomic E-state index is 0.0389. The number of carbonyl (C=O) groups is 1. The van der Waals surface area contributed by atoms with Crippen molar-refractivity contribution in [2.45, 2.75) is 6.92 Å². The highest BCUT2D eigenvalue weighted by Gasteiger charge is 2.11.